The molecule has 16 heavy (non-hydrogen) atoms. The van der Waals surface area contributed by atoms with E-state index < -0.39 is 11.9 Å². The van der Waals surface area contributed by atoms with Crippen LogP contribution in [0.5, 0.6) is 0 Å². The molecule has 0 unspecified atom stereocenters. The summed E-state index contributed by atoms with van der Waals surface area (Å²) in [5, 5.41) is 3.03. The number of hydrogen-bond acceptors (Lipinski definition) is 5. The second-order valence-electron chi connectivity index (χ2n) is 3.32. The average Bonchev–Trinajstić information content (AvgIpc) is 2.30. The molecule has 1 heterocycles. The van der Waals surface area contributed by atoms with Crippen molar-refractivity contribution < 1.29 is 19.1 Å². The van der Waals surface area contributed by atoms with Gasteiger partial charge in [-0.3, -0.25) is 0 Å². The lowest BCUT2D eigenvalue weighted by Crippen LogP contribution is -2.32. The van der Waals surface area contributed by atoms with Gasteiger partial charge in [0.1, 0.15) is 0 Å². The molecule has 1 aliphatic heterocycles. The molecule has 0 atom stereocenters. The Morgan fingerprint density at radius 2 is 1.69 bits per heavy atom. The minimum absolute atomic E-state index is 0.304. The molecular weight excluding hydrogens is 210 g/mol. The molecule has 0 aliphatic carbocycles. The minimum atomic E-state index is -0.433. The Morgan fingerprint density at radius 3 is 2.25 bits per heavy atom. The lowest BCUT2D eigenvalue weighted by atomic mass is 10.0. The predicted octanol–water partition coefficient (Wildman–Crippen LogP) is 0.402. The number of rotatable bonds is 4. The van der Waals surface area contributed by atoms with Gasteiger partial charge in [-0.05, 0) is 26.8 Å². The molecule has 1 N–H and O–H groups in total. The van der Waals surface area contributed by atoms with Crippen molar-refractivity contribution in [2.45, 2.75) is 20.3 Å². The molecule has 0 bridgehead atoms. The first-order valence-corrected chi connectivity index (χ1v) is 5.47. The quantitative estimate of drug-likeness (QED) is 0.704. The van der Waals surface area contributed by atoms with Gasteiger partial charge in [0, 0.05) is 6.54 Å². The standard InChI is InChI=1S/C11H17NO4/c1-3-15-10(13)8-5-6-12-7-9(8)11(14)16-4-2/h12H,3-7H2,1-2H3. The van der Waals surface area contributed by atoms with Crippen LogP contribution in [0, 0.1) is 0 Å². The van der Waals surface area contributed by atoms with E-state index in [2.05, 4.69) is 5.32 Å². The van der Waals surface area contributed by atoms with E-state index in [4.69, 9.17) is 9.47 Å². The van der Waals surface area contributed by atoms with E-state index in [0.29, 0.717) is 43.9 Å². The third-order valence-corrected chi connectivity index (χ3v) is 2.26. The van der Waals surface area contributed by atoms with Crippen LogP contribution in [0.3, 0.4) is 0 Å². The smallest absolute Gasteiger partial charge is 0.335 e. The van der Waals surface area contributed by atoms with Gasteiger partial charge >= 0.3 is 11.9 Å². The molecule has 0 radical (unpaired) electrons. The van der Waals surface area contributed by atoms with E-state index in [0.717, 1.165) is 0 Å². The van der Waals surface area contributed by atoms with E-state index in [1.807, 2.05) is 0 Å². The molecule has 0 fully saturated rings. The average molecular weight is 227 g/mol. The van der Waals surface area contributed by atoms with Gasteiger partial charge in [-0.15, -0.1) is 0 Å². The normalized spacial score (nSPS) is 15.9. The summed E-state index contributed by atoms with van der Waals surface area (Å²) in [6.07, 6.45) is 0.507. The zero-order chi connectivity index (χ0) is 12.0. The molecule has 0 saturated carbocycles. The van der Waals surface area contributed by atoms with Gasteiger partial charge in [0.05, 0.1) is 24.4 Å². The number of nitrogens with one attached hydrogen (secondary N) is 1. The van der Waals surface area contributed by atoms with Crippen molar-refractivity contribution in [3.8, 4) is 0 Å². The van der Waals surface area contributed by atoms with Crippen molar-refractivity contribution >= 4 is 11.9 Å². The van der Waals surface area contributed by atoms with Crippen LogP contribution < -0.4 is 5.32 Å². The van der Waals surface area contributed by atoms with Gasteiger partial charge in [0.15, 0.2) is 0 Å². The summed E-state index contributed by atoms with van der Waals surface area (Å²) in [5.41, 5.74) is 0.839. The molecule has 0 aromatic heterocycles. The van der Waals surface area contributed by atoms with Crippen molar-refractivity contribution in [1.29, 1.82) is 0 Å². The zero-order valence-electron chi connectivity index (χ0n) is 9.67. The summed E-state index contributed by atoms with van der Waals surface area (Å²) >= 11 is 0. The molecular formula is C11H17NO4. The second-order valence-corrected chi connectivity index (χ2v) is 3.32. The largest absolute Gasteiger partial charge is 0.463 e. The van der Waals surface area contributed by atoms with Gasteiger partial charge in [0.25, 0.3) is 0 Å². The highest BCUT2D eigenvalue weighted by Gasteiger charge is 2.25. The molecule has 5 nitrogen and oxygen atoms in total. The Labute approximate surface area is 94.8 Å². The fraction of sp³-hybridized carbons (Fsp3) is 0.636. The van der Waals surface area contributed by atoms with E-state index in [9.17, 15) is 9.59 Å². The van der Waals surface area contributed by atoms with E-state index in [1.54, 1.807) is 13.8 Å². The van der Waals surface area contributed by atoms with Crippen LogP contribution in [0.4, 0.5) is 0 Å². The lowest BCUT2D eigenvalue weighted by Gasteiger charge is -2.18. The third-order valence-electron chi connectivity index (χ3n) is 2.26. The van der Waals surface area contributed by atoms with E-state index in [-0.39, 0.29) is 0 Å². The van der Waals surface area contributed by atoms with Crippen LogP contribution in [0.25, 0.3) is 0 Å². The summed E-state index contributed by atoms with van der Waals surface area (Å²) in [6.45, 7) is 5.14. The van der Waals surface area contributed by atoms with Gasteiger partial charge in [-0.1, -0.05) is 0 Å². The summed E-state index contributed by atoms with van der Waals surface area (Å²) in [5.74, 6) is -0.843. The molecule has 90 valence electrons. The minimum Gasteiger partial charge on any atom is -0.463 e. The van der Waals surface area contributed by atoms with E-state index >= 15 is 0 Å². The summed E-state index contributed by atoms with van der Waals surface area (Å²) < 4.78 is 9.80. The van der Waals surface area contributed by atoms with Crippen molar-refractivity contribution in [3.05, 3.63) is 11.1 Å². The van der Waals surface area contributed by atoms with Crippen molar-refractivity contribution in [1.82, 2.24) is 5.32 Å². The van der Waals surface area contributed by atoms with Crippen LogP contribution in [0.15, 0.2) is 11.1 Å². The number of ether oxygens (including phenoxy) is 2. The van der Waals surface area contributed by atoms with Crippen LogP contribution in [0.2, 0.25) is 0 Å². The highest BCUT2D eigenvalue weighted by molar-refractivity contribution is 6.01. The Bertz CT molecular complexity index is 279. The highest BCUT2D eigenvalue weighted by Crippen LogP contribution is 2.15. The third kappa shape index (κ3) is 3.06. The Morgan fingerprint density at radius 1 is 1.12 bits per heavy atom. The van der Waals surface area contributed by atoms with Crippen LogP contribution in [-0.2, 0) is 19.1 Å². The monoisotopic (exact) mass is 227 g/mol. The number of esters is 2. The molecule has 0 amide bonds. The zero-order valence-corrected chi connectivity index (χ0v) is 9.67. The first kappa shape index (κ1) is 12.7. The number of carbonyl (C=O) groups is 2. The lowest BCUT2D eigenvalue weighted by molar-refractivity contribution is -0.142. The maximum absolute atomic E-state index is 11.6. The highest BCUT2D eigenvalue weighted by atomic mass is 16.5. The van der Waals surface area contributed by atoms with Gasteiger partial charge < -0.3 is 14.8 Å². The van der Waals surface area contributed by atoms with Crippen molar-refractivity contribution in [2.75, 3.05) is 26.3 Å². The maximum Gasteiger partial charge on any atom is 0.335 e. The summed E-state index contributed by atoms with van der Waals surface area (Å²) in [4.78, 5) is 23.2. The number of hydrogen-bond donors (Lipinski definition) is 1. The maximum atomic E-state index is 11.6. The van der Waals surface area contributed by atoms with Gasteiger partial charge in [-0.25, -0.2) is 9.59 Å². The van der Waals surface area contributed by atoms with Gasteiger partial charge in [0.2, 0.25) is 0 Å². The molecule has 0 aromatic rings. The van der Waals surface area contributed by atoms with Crippen LogP contribution >= 0.6 is 0 Å². The predicted molar refractivity (Wildman–Crippen MR) is 57.8 cm³/mol. The van der Waals surface area contributed by atoms with Crippen LogP contribution in [0.1, 0.15) is 20.3 Å². The van der Waals surface area contributed by atoms with Crippen molar-refractivity contribution in [3.63, 3.8) is 0 Å². The second kappa shape index (κ2) is 6.27. The first-order valence-electron chi connectivity index (χ1n) is 5.47. The van der Waals surface area contributed by atoms with Crippen molar-refractivity contribution in [2.24, 2.45) is 0 Å². The molecule has 0 saturated heterocycles. The molecule has 1 aliphatic rings. The Balaban J connectivity index is 2.86. The summed E-state index contributed by atoms with van der Waals surface area (Å²) in [7, 11) is 0. The first-order chi connectivity index (χ1) is 7.70. The van der Waals surface area contributed by atoms with Crippen LogP contribution in [-0.4, -0.2) is 38.2 Å². The molecule has 0 aromatic carbocycles. The topological polar surface area (TPSA) is 64.6 Å². The SMILES string of the molecule is CCOC(=O)C1=C(C(=O)OCC)CNCC1. The molecule has 0 spiro atoms. The van der Waals surface area contributed by atoms with E-state index in [1.165, 1.54) is 0 Å². The molecule has 1 rings (SSSR count). The fourth-order valence-electron chi connectivity index (χ4n) is 1.54. The number of carbonyl (C=O) groups excluding carboxylic acids is 2. The Hall–Kier alpha value is -1.36. The van der Waals surface area contributed by atoms with Gasteiger partial charge in [-0.2, -0.15) is 0 Å². The fourth-order valence-corrected chi connectivity index (χ4v) is 1.54. The molecule has 5 heteroatoms. The Kier molecular flexibility index (Phi) is 4.98. The summed E-state index contributed by atoms with van der Waals surface area (Å²) in [6, 6.07) is 0.